The topological polar surface area (TPSA) is 68.3 Å². The van der Waals surface area contributed by atoms with Gasteiger partial charge in [-0.3, -0.25) is 4.72 Å². The lowest BCUT2D eigenvalue weighted by molar-refractivity contribution is 0.387. The molecule has 0 saturated carbocycles. The maximum Gasteiger partial charge on any atom is 0.240 e. The van der Waals surface area contributed by atoms with Crippen molar-refractivity contribution in [1.29, 1.82) is 0 Å². The molecule has 1 rings (SSSR count). The minimum atomic E-state index is -3.55. The minimum absolute atomic E-state index is 0.0477. The Balaban J connectivity index is 3.27. The molecule has 16 heavy (non-hydrogen) atoms. The molecule has 1 aromatic rings. The smallest absolute Gasteiger partial charge is 0.240 e. The number of hydrogen-bond donors (Lipinski definition) is 1. The highest BCUT2D eigenvalue weighted by Crippen LogP contribution is 2.23. The third-order valence-corrected chi connectivity index (χ3v) is 2.27. The molecule has 0 fully saturated rings. The Hall–Kier alpha value is -1.63. The summed E-state index contributed by atoms with van der Waals surface area (Å²) in [6, 6.07) is 1.26. The van der Waals surface area contributed by atoms with Crippen molar-refractivity contribution in [1.82, 2.24) is 4.98 Å². The molecule has 0 aliphatic carbocycles. The van der Waals surface area contributed by atoms with Crippen LogP contribution in [-0.4, -0.2) is 26.8 Å². The van der Waals surface area contributed by atoms with Gasteiger partial charge in [0, 0.05) is 5.56 Å². The largest absolute Gasteiger partial charge is 0.480 e. The van der Waals surface area contributed by atoms with E-state index in [0.29, 0.717) is 5.56 Å². The molecule has 1 aromatic heterocycles. The van der Waals surface area contributed by atoms with Gasteiger partial charge in [-0.25, -0.2) is 8.42 Å². The third-order valence-electron chi connectivity index (χ3n) is 1.68. The second-order valence-corrected chi connectivity index (χ2v) is 4.75. The second kappa shape index (κ2) is 4.48. The van der Waals surface area contributed by atoms with Gasteiger partial charge in [-0.2, -0.15) is 9.37 Å². The van der Waals surface area contributed by atoms with Crippen molar-refractivity contribution in [3.63, 3.8) is 0 Å². The zero-order valence-electron chi connectivity index (χ0n) is 8.82. The van der Waals surface area contributed by atoms with Gasteiger partial charge in [0.1, 0.15) is 5.69 Å². The number of methoxy groups -OCH3 is 1. The molecule has 0 aliphatic heterocycles. The summed E-state index contributed by atoms with van der Waals surface area (Å²) in [5.74, 6) is -0.903. The number of nitrogens with zero attached hydrogens (tertiary/aromatic N) is 1. The Morgan fingerprint density at radius 3 is 2.69 bits per heavy atom. The summed E-state index contributed by atoms with van der Waals surface area (Å²) >= 11 is 0. The molecule has 0 amide bonds. The van der Waals surface area contributed by atoms with Crippen LogP contribution in [0.3, 0.4) is 0 Å². The molecule has 0 radical (unpaired) electrons. The molecule has 1 N–H and O–H groups in total. The number of pyridine rings is 1. The van der Waals surface area contributed by atoms with Gasteiger partial charge in [0.05, 0.1) is 13.4 Å². The first kappa shape index (κ1) is 12.4. The quantitative estimate of drug-likeness (QED) is 0.812. The van der Waals surface area contributed by atoms with Crippen LogP contribution in [0.5, 0.6) is 5.88 Å². The van der Waals surface area contributed by atoms with Gasteiger partial charge in [0.2, 0.25) is 21.9 Å². The van der Waals surface area contributed by atoms with E-state index in [9.17, 15) is 12.8 Å². The highest BCUT2D eigenvalue weighted by atomic mass is 32.2. The van der Waals surface area contributed by atoms with E-state index in [1.54, 1.807) is 0 Å². The number of ether oxygens (including phenoxy) is 1. The molecule has 1 heterocycles. The molecule has 0 saturated heterocycles. The van der Waals surface area contributed by atoms with E-state index in [4.69, 9.17) is 4.74 Å². The van der Waals surface area contributed by atoms with Gasteiger partial charge in [-0.05, 0) is 6.07 Å². The Bertz CT molecular complexity index is 514. The number of halogens is 1. The standard InChI is InChI=1S/C9H11FN2O3S/c1-4-6-5-7(12-16(3,13)14)8(10)11-9(6)15-2/h4-5,12H,1H2,2-3H3. The maximum atomic E-state index is 13.3. The number of aromatic nitrogens is 1. The summed E-state index contributed by atoms with van der Waals surface area (Å²) in [4.78, 5) is 3.46. The van der Waals surface area contributed by atoms with Crippen molar-refractivity contribution < 1.29 is 17.5 Å². The van der Waals surface area contributed by atoms with Gasteiger partial charge in [-0.1, -0.05) is 12.7 Å². The summed E-state index contributed by atoms with van der Waals surface area (Å²) in [6.07, 6.45) is 2.31. The molecule has 0 aromatic carbocycles. The summed E-state index contributed by atoms with van der Waals surface area (Å²) < 4.78 is 42.0. The second-order valence-electron chi connectivity index (χ2n) is 3.00. The number of anilines is 1. The fraction of sp³-hybridized carbons (Fsp3) is 0.222. The fourth-order valence-electron chi connectivity index (χ4n) is 1.07. The molecule has 0 bridgehead atoms. The predicted molar refractivity (Wildman–Crippen MR) is 59.3 cm³/mol. The Labute approximate surface area is 93.0 Å². The molecular formula is C9H11FN2O3S. The molecule has 0 atom stereocenters. The van der Waals surface area contributed by atoms with E-state index in [0.717, 1.165) is 6.26 Å². The normalized spacial score (nSPS) is 10.9. The number of nitrogens with one attached hydrogen (secondary N) is 1. The summed E-state index contributed by atoms with van der Waals surface area (Å²) in [5, 5.41) is 0. The lowest BCUT2D eigenvalue weighted by Gasteiger charge is -2.08. The Morgan fingerprint density at radius 2 is 2.25 bits per heavy atom. The first-order valence-corrected chi connectivity index (χ1v) is 6.11. The minimum Gasteiger partial charge on any atom is -0.480 e. The average molecular weight is 246 g/mol. The summed E-state index contributed by atoms with van der Waals surface area (Å²) in [7, 11) is -2.22. The number of hydrogen-bond acceptors (Lipinski definition) is 4. The highest BCUT2D eigenvalue weighted by molar-refractivity contribution is 7.92. The van der Waals surface area contributed by atoms with Gasteiger partial charge in [0.25, 0.3) is 0 Å². The zero-order chi connectivity index (χ0) is 12.3. The van der Waals surface area contributed by atoms with Crippen LogP contribution in [0.25, 0.3) is 6.08 Å². The molecule has 88 valence electrons. The molecule has 7 heteroatoms. The predicted octanol–water partition coefficient (Wildman–Crippen LogP) is 1.24. The molecular weight excluding hydrogens is 235 g/mol. The fourth-order valence-corrected chi connectivity index (χ4v) is 1.61. The van der Waals surface area contributed by atoms with Crippen molar-refractivity contribution >= 4 is 21.8 Å². The maximum absolute atomic E-state index is 13.3. The molecule has 0 aliphatic rings. The number of rotatable bonds is 4. The van der Waals surface area contributed by atoms with Crippen molar-refractivity contribution in [3.8, 4) is 5.88 Å². The van der Waals surface area contributed by atoms with E-state index >= 15 is 0 Å². The van der Waals surface area contributed by atoms with Crippen molar-refractivity contribution in [2.45, 2.75) is 0 Å². The molecule has 5 nitrogen and oxygen atoms in total. The van der Waals surface area contributed by atoms with Crippen LogP contribution >= 0.6 is 0 Å². The van der Waals surface area contributed by atoms with E-state index < -0.39 is 16.0 Å². The highest BCUT2D eigenvalue weighted by Gasteiger charge is 2.13. The average Bonchev–Trinajstić information content (AvgIpc) is 2.18. The van der Waals surface area contributed by atoms with Crippen LogP contribution in [0.15, 0.2) is 12.6 Å². The molecule has 0 unspecified atom stereocenters. The molecule has 0 spiro atoms. The van der Waals surface area contributed by atoms with Gasteiger partial charge < -0.3 is 4.74 Å². The first-order valence-electron chi connectivity index (χ1n) is 4.22. The van der Waals surface area contributed by atoms with E-state index in [-0.39, 0.29) is 11.6 Å². The van der Waals surface area contributed by atoms with E-state index in [1.165, 1.54) is 19.3 Å². The van der Waals surface area contributed by atoms with Crippen molar-refractivity contribution in [3.05, 3.63) is 24.2 Å². The SMILES string of the molecule is C=Cc1cc(NS(C)(=O)=O)c(F)nc1OC. The third kappa shape index (κ3) is 2.93. The van der Waals surface area contributed by atoms with Gasteiger partial charge >= 0.3 is 0 Å². The zero-order valence-corrected chi connectivity index (χ0v) is 9.64. The van der Waals surface area contributed by atoms with E-state index in [1.807, 2.05) is 4.72 Å². The van der Waals surface area contributed by atoms with Crippen LogP contribution in [0, 0.1) is 5.95 Å². The van der Waals surface area contributed by atoms with Crippen molar-refractivity contribution in [2.75, 3.05) is 18.1 Å². The lowest BCUT2D eigenvalue weighted by Crippen LogP contribution is -2.12. The Morgan fingerprint density at radius 1 is 1.62 bits per heavy atom. The number of sulfonamides is 1. The van der Waals surface area contributed by atoms with Crippen LogP contribution in [0.1, 0.15) is 5.56 Å². The Kier molecular flexibility index (Phi) is 3.48. The van der Waals surface area contributed by atoms with Crippen LogP contribution in [-0.2, 0) is 10.0 Å². The summed E-state index contributed by atoms with van der Waals surface area (Å²) in [6.45, 7) is 3.49. The monoisotopic (exact) mass is 246 g/mol. The van der Waals surface area contributed by atoms with Crippen LogP contribution < -0.4 is 9.46 Å². The van der Waals surface area contributed by atoms with Crippen LogP contribution in [0.4, 0.5) is 10.1 Å². The van der Waals surface area contributed by atoms with Crippen LogP contribution in [0.2, 0.25) is 0 Å². The summed E-state index contributed by atoms with van der Waals surface area (Å²) in [5.41, 5.74) is 0.160. The van der Waals surface area contributed by atoms with E-state index in [2.05, 4.69) is 11.6 Å². The lowest BCUT2D eigenvalue weighted by atomic mass is 10.2. The van der Waals surface area contributed by atoms with Gasteiger partial charge in [-0.15, -0.1) is 0 Å². The van der Waals surface area contributed by atoms with Crippen molar-refractivity contribution in [2.24, 2.45) is 0 Å². The first-order chi connectivity index (χ1) is 7.37. The van der Waals surface area contributed by atoms with Gasteiger partial charge in [0.15, 0.2) is 0 Å².